The second kappa shape index (κ2) is 6.86. The van der Waals surface area contributed by atoms with Crippen LogP contribution in [0.1, 0.15) is 34.6 Å². The summed E-state index contributed by atoms with van der Waals surface area (Å²) in [6.45, 7) is 12.7. The van der Waals surface area contributed by atoms with E-state index in [0.29, 0.717) is 19.1 Å². The van der Waals surface area contributed by atoms with Crippen molar-refractivity contribution in [2.75, 3.05) is 26.2 Å². The van der Waals surface area contributed by atoms with Crippen LogP contribution < -0.4 is 5.73 Å². The Kier molecular flexibility index (Phi) is 6.60. The Bertz CT molecular complexity index is 215. The largest absolute Gasteiger partial charge is 0.465 e. The fourth-order valence-electron chi connectivity index (χ4n) is 1.65. The van der Waals surface area contributed by atoms with E-state index in [0.717, 1.165) is 13.1 Å². The van der Waals surface area contributed by atoms with Crippen LogP contribution in [0, 0.1) is 5.92 Å². The van der Waals surface area contributed by atoms with E-state index in [1.54, 1.807) is 13.8 Å². The number of carbonyl (C=O) groups excluding carboxylic acids is 1. The lowest BCUT2D eigenvalue weighted by molar-refractivity contribution is -0.149. The van der Waals surface area contributed by atoms with Crippen molar-refractivity contribution in [2.24, 2.45) is 11.7 Å². The third-order valence-electron chi connectivity index (χ3n) is 2.36. The maximum absolute atomic E-state index is 11.6. The van der Waals surface area contributed by atoms with E-state index in [1.807, 2.05) is 0 Å². The molecule has 0 saturated heterocycles. The average molecular weight is 230 g/mol. The van der Waals surface area contributed by atoms with Crippen molar-refractivity contribution in [3.63, 3.8) is 0 Å². The van der Waals surface area contributed by atoms with Gasteiger partial charge in [-0.2, -0.15) is 0 Å². The zero-order valence-electron chi connectivity index (χ0n) is 11.2. The maximum atomic E-state index is 11.6. The second-order valence-electron chi connectivity index (χ2n) is 4.86. The van der Waals surface area contributed by atoms with Crippen LogP contribution in [-0.2, 0) is 9.53 Å². The first-order valence-electron chi connectivity index (χ1n) is 6.01. The monoisotopic (exact) mass is 230 g/mol. The Labute approximate surface area is 99.1 Å². The van der Waals surface area contributed by atoms with Crippen molar-refractivity contribution >= 4 is 5.97 Å². The van der Waals surface area contributed by atoms with E-state index in [1.165, 1.54) is 0 Å². The molecule has 0 aromatic rings. The molecule has 0 rings (SSSR count). The van der Waals surface area contributed by atoms with Crippen molar-refractivity contribution in [3.8, 4) is 0 Å². The van der Waals surface area contributed by atoms with Gasteiger partial charge in [-0.05, 0) is 26.3 Å². The van der Waals surface area contributed by atoms with Gasteiger partial charge in [-0.1, -0.05) is 20.8 Å². The van der Waals surface area contributed by atoms with E-state index in [-0.39, 0.29) is 5.97 Å². The number of carbonyl (C=O) groups is 1. The van der Waals surface area contributed by atoms with E-state index in [2.05, 4.69) is 25.7 Å². The lowest BCUT2D eigenvalue weighted by Gasteiger charge is -2.31. The van der Waals surface area contributed by atoms with Crippen molar-refractivity contribution < 1.29 is 9.53 Å². The van der Waals surface area contributed by atoms with Gasteiger partial charge < -0.3 is 15.4 Å². The minimum Gasteiger partial charge on any atom is -0.465 e. The van der Waals surface area contributed by atoms with E-state index in [4.69, 9.17) is 10.5 Å². The number of likely N-dealkylation sites (N-methyl/N-ethyl adjacent to an activating group) is 1. The molecule has 0 saturated carbocycles. The SMILES string of the molecule is CCOC(=O)C(C)(N)CN(CC)CC(C)C. The Morgan fingerprint density at radius 3 is 2.38 bits per heavy atom. The molecule has 2 N–H and O–H groups in total. The minimum absolute atomic E-state index is 0.322. The molecule has 0 aromatic carbocycles. The Balaban J connectivity index is 4.35. The summed E-state index contributed by atoms with van der Waals surface area (Å²) in [6.07, 6.45) is 0. The number of nitrogens with zero attached hydrogens (tertiary/aromatic N) is 1. The molecule has 0 fully saturated rings. The number of esters is 1. The van der Waals surface area contributed by atoms with Crippen LogP contribution in [0.3, 0.4) is 0 Å². The van der Waals surface area contributed by atoms with Crippen LogP contribution >= 0.6 is 0 Å². The van der Waals surface area contributed by atoms with Gasteiger partial charge in [0.15, 0.2) is 0 Å². The first kappa shape index (κ1) is 15.4. The van der Waals surface area contributed by atoms with Crippen LogP contribution in [0.2, 0.25) is 0 Å². The van der Waals surface area contributed by atoms with Crippen LogP contribution in [0.4, 0.5) is 0 Å². The second-order valence-corrected chi connectivity index (χ2v) is 4.86. The molecule has 1 unspecified atom stereocenters. The molecule has 0 bridgehead atoms. The van der Waals surface area contributed by atoms with Gasteiger partial charge in [0, 0.05) is 13.1 Å². The molecular weight excluding hydrogens is 204 g/mol. The average Bonchev–Trinajstić information content (AvgIpc) is 2.16. The highest BCUT2D eigenvalue weighted by molar-refractivity contribution is 5.80. The van der Waals surface area contributed by atoms with Gasteiger partial charge in [-0.25, -0.2) is 0 Å². The molecular formula is C12H26N2O2. The highest BCUT2D eigenvalue weighted by Gasteiger charge is 2.31. The van der Waals surface area contributed by atoms with Crippen molar-refractivity contribution in [1.82, 2.24) is 4.90 Å². The van der Waals surface area contributed by atoms with Gasteiger partial charge in [0.25, 0.3) is 0 Å². The predicted molar refractivity (Wildman–Crippen MR) is 66.2 cm³/mol. The maximum Gasteiger partial charge on any atom is 0.327 e. The molecule has 0 radical (unpaired) electrons. The molecule has 16 heavy (non-hydrogen) atoms. The first-order valence-corrected chi connectivity index (χ1v) is 6.01. The van der Waals surface area contributed by atoms with Gasteiger partial charge >= 0.3 is 5.97 Å². The molecule has 0 aromatic heterocycles. The van der Waals surface area contributed by atoms with Crippen LogP contribution in [0.5, 0.6) is 0 Å². The van der Waals surface area contributed by atoms with E-state index < -0.39 is 5.54 Å². The first-order chi connectivity index (χ1) is 7.33. The molecule has 96 valence electrons. The standard InChI is InChI=1S/C12H26N2O2/c1-6-14(8-10(3)4)9-12(5,13)11(15)16-7-2/h10H,6-9,13H2,1-5H3. The summed E-state index contributed by atoms with van der Waals surface area (Å²) >= 11 is 0. The van der Waals surface area contributed by atoms with Gasteiger partial charge in [0.05, 0.1) is 6.61 Å². The number of ether oxygens (including phenoxy) is 1. The molecule has 0 amide bonds. The molecule has 0 spiro atoms. The van der Waals surface area contributed by atoms with Crippen LogP contribution in [0.25, 0.3) is 0 Å². The summed E-state index contributed by atoms with van der Waals surface area (Å²) in [6, 6.07) is 0. The normalized spacial score (nSPS) is 15.2. The third kappa shape index (κ3) is 5.47. The molecule has 1 atom stereocenters. The van der Waals surface area contributed by atoms with E-state index >= 15 is 0 Å². The predicted octanol–water partition coefficient (Wildman–Crippen LogP) is 1.24. The molecule has 0 heterocycles. The summed E-state index contributed by atoms with van der Waals surface area (Å²) < 4.78 is 4.97. The number of nitrogens with two attached hydrogens (primary N) is 1. The Morgan fingerprint density at radius 2 is 2.00 bits per heavy atom. The molecule has 0 aliphatic carbocycles. The number of rotatable bonds is 7. The topological polar surface area (TPSA) is 55.6 Å². The van der Waals surface area contributed by atoms with Crippen LogP contribution in [-0.4, -0.2) is 42.6 Å². The summed E-state index contributed by atoms with van der Waals surface area (Å²) in [5.74, 6) is 0.246. The summed E-state index contributed by atoms with van der Waals surface area (Å²) in [7, 11) is 0. The van der Waals surface area contributed by atoms with Crippen LogP contribution in [0.15, 0.2) is 0 Å². The Hall–Kier alpha value is -0.610. The van der Waals surface area contributed by atoms with Crippen molar-refractivity contribution in [3.05, 3.63) is 0 Å². The summed E-state index contributed by atoms with van der Waals surface area (Å²) in [5, 5.41) is 0. The lowest BCUT2D eigenvalue weighted by Crippen LogP contribution is -2.55. The third-order valence-corrected chi connectivity index (χ3v) is 2.36. The molecule has 0 aliphatic rings. The zero-order chi connectivity index (χ0) is 12.8. The Morgan fingerprint density at radius 1 is 1.44 bits per heavy atom. The minimum atomic E-state index is -0.916. The molecule has 4 nitrogen and oxygen atoms in total. The van der Waals surface area contributed by atoms with E-state index in [9.17, 15) is 4.79 Å². The summed E-state index contributed by atoms with van der Waals surface area (Å²) in [4.78, 5) is 13.8. The smallest absolute Gasteiger partial charge is 0.327 e. The lowest BCUT2D eigenvalue weighted by atomic mass is 10.0. The van der Waals surface area contributed by atoms with Gasteiger partial charge in [-0.3, -0.25) is 4.79 Å². The molecule has 0 aliphatic heterocycles. The highest BCUT2D eigenvalue weighted by Crippen LogP contribution is 2.08. The van der Waals surface area contributed by atoms with Crippen molar-refractivity contribution in [1.29, 1.82) is 0 Å². The highest BCUT2D eigenvalue weighted by atomic mass is 16.5. The number of hydrogen-bond donors (Lipinski definition) is 1. The fourth-order valence-corrected chi connectivity index (χ4v) is 1.65. The van der Waals surface area contributed by atoms with Gasteiger partial charge in [0.2, 0.25) is 0 Å². The summed E-state index contributed by atoms with van der Waals surface area (Å²) in [5.41, 5.74) is 5.07. The quantitative estimate of drug-likeness (QED) is 0.669. The zero-order valence-corrected chi connectivity index (χ0v) is 11.2. The van der Waals surface area contributed by atoms with Gasteiger partial charge in [-0.15, -0.1) is 0 Å². The van der Waals surface area contributed by atoms with Gasteiger partial charge in [0.1, 0.15) is 5.54 Å². The fraction of sp³-hybridized carbons (Fsp3) is 0.917. The van der Waals surface area contributed by atoms with Crippen molar-refractivity contribution in [2.45, 2.75) is 40.2 Å². The molecule has 4 heteroatoms. The number of hydrogen-bond acceptors (Lipinski definition) is 4.